The highest BCUT2D eigenvalue weighted by Crippen LogP contribution is 2.24. The lowest BCUT2D eigenvalue weighted by Crippen LogP contribution is -2.44. The molecule has 0 spiro atoms. The molecule has 0 saturated carbocycles. The summed E-state index contributed by atoms with van der Waals surface area (Å²) >= 11 is 0. The number of benzene rings is 2. The van der Waals surface area contributed by atoms with Gasteiger partial charge >= 0.3 is 0 Å². The van der Waals surface area contributed by atoms with Crippen LogP contribution in [0.5, 0.6) is 5.75 Å². The molecule has 2 aromatic rings. The summed E-state index contributed by atoms with van der Waals surface area (Å²) < 4.78 is 32.5. The zero-order chi connectivity index (χ0) is 21.7. The molecular weight excluding hydrogens is 378 g/mol. The lowest BCUT2D eigenvalue weighted by molar-refractivity contribution is -0.132. The van der Waals surface area contributed by atoms with E-state index in [1.54, 1.807) is 13.0 Å². The molecule has 2 amide bonds. The van der Waals surface area contributed by atoms with Crippen LogP contribution in [0.25, 0.3) is 0 Å². The molecule has 0 aliphatic carbocycles. The molecule has 2 aromatic carbocycles. The Balaban J connectivity index is 2.15. The van der Waals surface area contributed by atoms with Gasteiger partial charge in [0, 0.05) is 7.05 Å². The fourth-order valence-electron chi connectivity index (χ4n) is 3.02. The van der Waals surface area contributed by atoms with Crippen molar-refractivity contribution in [3.05, 3.63) is 64.7 Å². The van der Waals surface area contributed by atoms with E-state index in [0.717, 1.165) is 17.7 Å². The molecule has 0 heterocycles. The maximum atomic E-state index is 13.6. The quantitative estimate of drug-likeness (QED) is 0.738. The monoisotopic (exact) mass is 404 g/mol. The molecule has 5 nitrogen and oxygen atoms in total. The zero-order valence-corrected chi connectivity index (χ0v) is 17.2. The van der Waals surface area contributed by atoms with Crippen LogP contribution >= 0.6 is 0 Å². The third-order valence-corrected chi connectivity index (χ3v) is 4.62. The summed E-state index contributed by atoms with van der Waals surface area (Å²) in [5, 5.41) is 4.94. The topological polar surface area (TPSA) is 67.4 Å². The summed E-state index contributed by atoms with van der Waals surface area (Å²) in [6.45, 7) is 7.71. The standard InChI is InChI=1S/C22H26F2N2O3/c1-12(2)17-8-7-16(10-13(17)3)29-14(4)21(27)26-20(22(28)25-5)15-6-9-18(23)19(24)11-15/h6-12,14,20H,1-5H3,(H,25,28)(H,26,27). The average Bonchev–Trinajstić information content (AvgIpc) is 2.67. The van der Waals surface area contributed by atoms with E-state index in [2.05, 4.69) is 24.5 Å². The predicted octanol–water partition coefficient (Wildman–Crippen LogP) is 3.77. The first-order chi connectivity index (χ1) is 13.6. The van der Waals surface area contributed by atoms with E-state index in [0.29, 0.717) is 11.7 Å². The van der Waals surface area contributed by atoms with Crippen molar-refractivity contribution in [3.63, 3.8) is 0 Å². The molecule has 2 N–H and O–H groups in total. The van der Waals surface area contributed by atoms with Crippen molar-refractivity contribution in [1.82, 2.24) is 10.6 Å². The molecule has 0 aliphatic heterocycles. The number of rotatable bonds is 7. The van der Waals surface area contributed by atoms with Crippen molar-refractivity contribution < 1.29 is 23.1 Å². The van der Waals surface area contributed by atoms with Crippen LogP contribution in [0.15, 0.2) is 36.4 Å². The molecule has 0 fully saturated rings. The molecule has 0 aromatic heterocycles. The molecule has 29 heavy (non-hydrogen) atoms. The molecule has 2 unspecified atom stereocenters. The first-order valence-corrected chi connectivity index (χ1v) is 9.38. The molecule has 156 valence electrons. The number of likely N-dealkylation sites (N-methyl/N-ethyl adjacent to an activating group) is 1. The van der Waals surface area contributed by atoms with Gasteiger partial charge < -0.3 is 15.4 Å². The van der Waals surface area contributed by atoms with Crippen molar-refractivity contribution in [1.29, 1.82) is 0 Å². The van der Waals surface area contributed by atoms with Gasteiger partial charge in [0.2, 0.25) is 5.91 Å². The second-order valence-corrected chi connectivity index (χ2v) is 7.16. The molecule has 0 radical (unpaired) electrons. The molecule has 0 aliphatic rings. The lowest BCUT2D eigenvalue weighted by atomic mass is 9.98. The van der Waals surface area contributed by atoms with Crippen LogP contribution in [-0.4, -0.2) is 25.0 Å². The fraction of sp³-hybridized carbons (Fsp3) is 0.364. The van der Waals surface area contributed by atoms with Gasteiger partial charge in [0.15, 0.2) is 17.7 Å². The Kier molecular flexibility index (Phi) is 7.31. The maximum Gasteiger partial charge on any atom is 0.261 e. The van der Waals surface area contributed by atoms with E-state index in [4.69, 9.17) is 4.74 Å². The Bertz CT molecular complexity index is 900. The van der Waals surface area contributed by atoms with Crippen molar-refractivity contribution in [3.8, 4) is 5.75 Å². The van der Waals surface area contributed by atoms with Gasteiger partial charge in [-0.25, -0.2) is 8.78 Å². The van der Waals surface area contributed by atoms with E-state index in [1.165, 1.54) is 18.7 Å². The Labute approximate surface area is 169 Å². The number of ether oxygens (including phenoxy) is 1. The van der Waals surface area contributed by atoms with E-state index in [1.807, 2.05) is 19.1 Å². The summed E-state index contributed by atoms with van der Waals surface area (Å²) in [6, 6.07) is 7.45. The van der Waals surface area contributed by atoms with E-state index in [9.17, 15) is 18.4 Å². The summed E-state index contributed by atoms with van der Waals surface area (Å²) in [7, 11) is 1.39. The van der Waals surface area contributed by atoms with Crippen LogP contribution in [0.4, 0.5) is 8.78 Å². The molecule has 0 saturated heterocycles. The van der Waals surface area contributed by atoms with E-state index < -0.39 is 35.6 Å². The normalized spacial score (nSPS) is 13.0. The number of halogens is 2. The average molecular weight is 404 g/mol. The predicted molar refractivity (Wildman–Crippen MR) is 107 cm³/mol. The summed E-state index contributed by atoms with van der Waals surface area (Å²) in [5.74, 6) is -2.36. The van der Waals surface area contributed by atoms with Crippen LogP contribution in [0.1, 0.15) is 49.4 Å². The summed E-state index contributed by atoms with van der Waals surface area (Å²) in [4.78, 5) is 24.8. The Morgan fingerprint density at radius 1 is 0.966 bits per heavy atom. The fourth-order valence-corrected chi connectivity index (χ4v) is 3.02. The minimum atomic E-state index is -1.18. The van der Waals surface area contributed by atoms with Gasteiger partial charge in [0.25, 0.3) is 5.91 Å². The number of aryl methyl sites for hydroxylation is 1. The maximum absolute atomic E-state index is 13.6. The summed E-state index contributed by atoms with van der Waals surface area (Å²) in [5.41, 5.74) is 2.36. The molecule has 0 bridgehead atoms. The number of nitrogens with one attached hydrogen (secondary N) is 2. The number of hydrogen-bond acceptors (Lipinski definition) is 3. The third kappa shape index (κ3) is 5.53. The van der Waals surface area contributed by atoms with E-state index >= 15 is 0 Å². The number of amides is 2. The van der Waals surface area contributed by atoms with Gasteiger partial charge in [-0.3, -0.25) is 9.59 Å². The SMILES string of the molecule is CNC(=O)C(NC(=O)C(C)Oc1ccc(C(C)C)c(C)c1)c1ccc(F)c(F)c1. The van der Waals surface area contributed by atoms with Crippen LogP contribution < -0.4 is 15.4 Å². The van der Waals surface area contributed by atoms with Crippen LogP contribution in [0, 0.1) is 18.6 Å². The molecular formula is C22H26F2N2O3. The highest BCUT2D eigenvalue weighted by atomic mass is 19.2. The number of carbonyl (C=O) groups excluding carboxylic acids is 2. The van der Waals surface area contributed by atoms with Gasteiger partial charge in [-0.15, -0.1) is 0 Å². The van der Waals surface area contributed by atoms with Gasteiger partial charge in [0.05, 0.1) is 0 Å². The largest absolute Gasteiger partial charge is 0.481 e. The smallest absolute Gasteiger partial charge is 0.261 e. The second kappa shape index (κ2) is 9.49. The van der Waals surface area contributed by atoms with Gasteiger partial charge in [0.1, 0.15) is 11.8 Å². The Morgan fingerprint density at radius 3 is 2.21 bits per heavy atom. The minimum Gasteiger partial charge on any atom is -0.481 e. The third-order valence-electron chi connectivity index (χ3n) is 4.62. The van der Waals surface area contributed by atoms with Gasteiger partial charge in [-0.1, -0.05) is 26.0 Å². The number of carbonyl (C=O) groups is 2. The lowest BCUT2D eigenvalue weighted by Gasteiger charge is -2.21. The van der Waals surface area contributed by atoms with Crippen LogP contribution in [0.3, 0.4) is 0 Å². The van der Waals surface area contributed by atoms with Gasteiger partial charge in [-0.2, -0.15) is 0 Å². The molecule has 7 heteroatoms. The zero-order valence-electron chi connectivity index (χ0n) is 17.2. The minimum absolute atomic E-state index is 0.126. The van der Waals surface area contributed by atoms with Crippen molar-refractivity contribution in [2.45, 2.75) is 45.8 Å². The highest BCUT2D eigenvalue weighted by Gasteiger charge is 2.26. The first-order valence-electron chi connectivity index (χ1n) is 9.38. The molecule has 2 atom stereocenters. The van der Waals surface area contributed by atoms with Crippen LogP contribution in [0.2, 0.25) is 0 Å². The Morgan fingerprint density at radius 2 is 1.66 bits per heavy atom. The van der Waals surface area contributed by atoms with E-state index in [-0.39, 0.29) is 5.56 Å². The summed E-state index contributed by atoms with van der Waals surface area (Å²) in [6.07, 6.45) is -0.906. The number of hydrogen-bond donors (Lipinski definition) is 2. The molecule has 2 rings (SSSR count). The van der Waals surface area contributed by atoms with Gasteiger partial charge in [-0.05, 0) is 60.7 Å². The van der Waals surface area contributed by atoms with Crippen LogP contribution in [-0.2, 0) is 9.59 Å². The first kappa shape index (κ1) is 22.3. The van der Waals surface area contributed by atoms with Crippen molar-refractivity contribution in [2.75, 3.05) is 7.05 Å². The van der Waals surface area contributed by atoms with Crippen molar-refractivity contribution >= 4 is 11.8 Å². The Hall–Kier alpha value is -2.96. The highest BCUT2D eigenvalue weighted by molar-refractivity contribution is 5.90. The second-order valence-electron chi connectivity index (χ2n) is 7.16. The van der Waals surface area contributed by atoms with Crippen molar-refractivity contribution in [2.24, 2.45) is 0 Å².